The number of phenolic OH excluding ortho intramolecular Hbond substituents is 1. The number of aryl methyl sites for hydroxylation is 2. The molecule has 0 fully saturated rings. The van der Waals surface area contributed by atoms with Crippen LogP contribution in [0.1, 0.15) is 60.8 Å². The third-order valence-corrected chi connectivity index (χ3v) is 4.28. The maximum Gasteiger partial charge on any atom is 0.132 e. The monoisotopic (exact) mass is 342 g/mol. The third kappa shape index (κ3) is 5.10. The summed E-state index contributed by atoms with van der Waals surface area (Å²) in [5.41, 5.74) is 6.44. The van der Waals surface area contributed by atoms with Crippen molar-refractivity contribution in [2.45, 2.75) is 52.2 Å². The Morgan fingerprint density at radius 2 is 1.88 bits per heavy atom. The number of hydrogen-bond acceptors (Lipinski definition) is 4. The van der Waals surface area contributed by atoms with Gasteiger partial charge in [0, 0.05) is 12.8 Å². The van der Waals surface area contributed by atoms with Gasteiger partial charge in [-0.1, -0.05) is 6.92 Å². The van der Waals surface area contributed by atoms with Crippen molar-refractivity contribution >= 4 is 0 Å². The van der Waals surface area contributed by atoms with E-state index in [1.807, 2.05) is 20.8 Å². The molecular formula is C21H26O4. The van der Waals surface area contributed by atoms with Gasteiger partial charge in [0.15, 0.2) is 0 Å². The van der Waals surface area contributed by atoms with E-state index >= 15 is 0 Å². The molecule has 2 aromatic rings. The van der Waals surface area contributed by atoms with Gasteiger partial charge in [-0.15, -0.1) is 5.73 Å². The molecule has 0 aliphatic rings. The second-order valence-corrected chi connectivity index (χ2v) is 6.30. The van der Waals surface area contributed by atoms with Crippen LogP contribution in [0.25, 0.3) is 0 Å². The number of aromatic hydroxyl groups is 1. The molecule has 1 aromatic carbocycles. The van der Waals surface area contributed by atoms with E-state index in [0.29, 0.717) is 18.6 Å². The molecule has 2 rings (SSSR count). The summed E-state index contributed by atoms with van der Waals surface area (Å²) in [5, 5.41) is 30.3. The van der Waals surface area contributed by atoms with E-state index in [4.69, 9.17) is 4.42 Å². The Balaban J connectivity index is 2.04. The summed E-state index contributed by atoms with van der Waals surface area (Å²) in [6.45, 7) is 5.65. The molecule has 0 amide bonds. The zero-order valence-electron chi connectivity index (χ0n) is 15.0. The Labute approximate surface area is 148 Å². The number of furan rings is 1. The van der Waals surface area contributed by atoms with Gasteiger partial charge in [-0.3, -0.25) is 0 Å². The molecule has 3 N–H and O–H groups in total. The first-order chi connectivity index (χ1) is 11.9. The molecular weight excluding hydrogens is 316 g/mol. The fourth-order valence-corrected chi connectivity index (χ4v) is 2.75. The van der Waals surface area contributed by atoms with Crippen LogP contribution < -0.4 is 0 Å². The van der Waals surface area contributed by atoms with Gasteiger partial charge in [-0.05, 0) is 72.9 Å². The van der Waals surface area contributed by atoms with Gasteiger partial charge in [0.25, 0.3) is 0 Å². The molecule has 0 saturated carbocycles. The second kappa shape index (κ2) is 8.72. The topological polar surface area (TPSA) is 73.8 Å². The highest BCUT2D eigenvalue weighted by molar-refractivity contribution is 5.42. The maximum absolute atomic E-state index is 10.4. The van der Waals surface area contributed by atoms with Crippen LogP contribution in [0.15, 0.2) is 52.3 Å². The molecule has 4 heteroatoms. The lowest BCUT2D eigenvalue weighted by Crippen LogP contribution is -1.98. The molecule has 0 aliphatic carbocycles. The fourth-order valence-electron chi connectivity index (χ4n) is 2.75. The Hall–Kier alpha value is -2.26. The quantitative estimate of drug-likeness (QED) is 0.641. The van der Waals surface area contributed by atoms with Gasteiger partial charge in [0.05, 0.1) is 12.4 Å². The molecule has 0 aliphatic heterocycles. The van der Waals surface area contributed by atoms with E-state index in [1.54, 1.807) is 36.6 Å². The third-order valence-electron chi connectivity index (χ3n) is 4.28. The van der Waals surface area contributed by atoms with Crippen LogP contribution in [0.2, 0.25) is 0 Å². The number of hydrogen-bond donors (Lipinski definition) is 3. The van der Waals surface area contributed by atoms with Crippen LogP contribution >= 0.6 is 0 Å². The number of aliphatic hydroxyl groups excluding tert-OH is 2. The second-order valence-electron chi connectivity index (χ2n) is 6.30. The van der Waals surface area contributed by atoms with Crippen LogP contribution in [0.4, 0.5) is 0 Å². The van der Waals surface area contributed by atoms with Crippen LogP contribution in [-0.4, -0.2) is 15.3 Å². The minimum Gasteiger partial charge on any atom is -0.507 e. The molecule has 134 valence electrons. The van der Waals surface area contributed by atoms with Crippen LogP contribution in [0.3, 0.4) is 0 Å². The predicted octanol–water partition coefficient (Wildman–Crippen LogP) is 4.64. The van der Waals surface area contributed by atoms with Crippen molar-refractivity contribution in [1.29, 1.82) is 0 Å². The molecule has 4 nitrogen and oxygen atoms in total. The number of rotatable bonds is 7. The SMILES string of the molecule is CCC(=C=CC[C@@H](O)c1cc(C)c(O)c(C)c1)C[C@@H](O)c1ccco1. The largest absolute Gasteiger partial charge is 0.507 e. The van der Waals surface area contributed by atoms with Gasteiger partial charge in [0.2, 0.25) is 0 Å². The van der Waals surface area contributed by atoms with Gasteiger partial charge in [0.1, 0.15) is 17.6 Å². The zero-order chi connectivity index (χ0) is 18.4. The molecule has 0 unspecified atom stereocenters. The summed E-state index contributed by atoms with van der Waals surface area (Å²) in [6, 6.07) is 7.10. The van der Waals surface area contributed by atoms with Crippen molar-refractivity contribution in [2.24, 2.45) is 0 Å². The lowest BCUT2D eigenvalue weighted by Gasteiger charge is -2.12. The molecule has 25 heavy (non-hydrogen) atoms. The molecule has 0 radical (unpaired) electrons. The smallest absolute Gasteiger partial charge is 0.132 e. The van der Waals surface area contributed by atoms with Crippen LogP contribution in [0.5, 0.6) is 5.75 Å². The lowest BCUT2D eigenvalue weighted by molar-refractivity contribution is 0.149. The zero-order valence-corrected chi connectivity index (χ0v) is 15.0. The Kier molecular flexibility index (Phi) is 6.65. The van der Waals surface area contributed by atoms with Crippen molar-refractivity contribution in [3.05, 3.63) is 70.4 Å². The first kappa shape index (κ1) is 19.1. The highest BCUT2D eigenvalue weighted by Gasteiger charge is 2.12. The summed E-state index contributed by atoms with van der Waals surface area (Å²) >= 11 is 0. The molecule has 0 spiro atoms. The van der Waals surface area contributed by atoms with Crippen molar-refractivity contribution in [3.8, 4) is 5.75 Å². The number of benzene rings is 1. The first-order valence-corrected chi connectivity index (χ1v) is 8.54. The molecule has 2 atom stereocenters. The molecule has 1 aromatic heterocycles. The normalized spacial score (nSPS) is 13.2. The Morgan fingerprint density at radius 3 is 2.44 bits per heavy atom. The van der Waals surface area contributed by atoms with Gasteiger partial charge < -0.3 is 19.7 Å². The summed E-state index contributed by atoms with van der Waals surface area (Å²) in [7, 11) is 0. The van der Waals surface area contributed by atoms with E-state index in [2.05, 4.69) is 5.73 Å². The highest BCUT2D eigenvalue weighted by atomic mass is 16.4. The number of aliphatic hydroxyl groups is 2. The van der Waals surface area contributed by atoms with Crippen molar-refractivity contribution in [2.75, 3.05) is 0 Å². The van der Waals surface area contributed by atoms with Crippen molar-refractivity contribution in [1.82, 2.24) is 0 Å². The van der Waals surface area contributed by atoms with Gasteiger partial charge >= 0.3 is 0 Å². The van der Waals surface area contributed by atoms with Gasteiger partial charge in [-0.25, -0.2) is 0 Å². The Morgan fingerprint density at radius 1 is 1.20 bits per heavy atom. The first-order valence-electron chi connectivity index (χ1n) is 8.54. The van der Waals surface area contributed by atoms with E-state index in [1.165, 1.54) is 0 Å². The average molecular weight is 342 g/mol. The highest BCUT2D eigenvalue weighted by Crippen LogP contribution is 2.28. The Bertz CT molecular complexity index is 729. The van der Waals surface area contributed by atoms with Crippen LogP contribution in [0, 0.1) is 13.8 Å². The molecule has 0 saturated heterocycles. The van der Waals surface area contributed by atoms with Crippen molar-refractivity contribution < 1.29 is 19.7 Å². The molecule has 1 heterocycles. The lowest BCUT2D eigenvalue weighted by atomic mass is 9.99. The van der Waals surface area contributed by atoms with E-state index in [9.17, 15) is 15.3 Å². The van der Waals surface area contributed by atoms with Crippen molar-refractivity contribution in [3.63, 3.8) is 0 Å². The molecule has 0 bridgehead atoms. The predicted molar refractivity (Wildman–Crippen MR) is 97.3 cm³/mol. The number of phenols is 1. The van der Waals surface area contributed by atoms with E-state index in [0.717, 1.165) is 28.7 Å². The van der Waals surface area contributed by atoms with Crippen LogP contribution in [-0.2, 0) is 0 Å². The summed E-state index contributed by atoms with van der Waals surface area (Å²) < 4.78 is 5.21. The van der Waals surface area contributed by atoms with E-state index in [-0.39, 0.29) is 5.75 Å². The maximum atomic E-state index is 10.4. The fraction of sp³-hybridized carbons (Fsp3) is 0.381. The van der Waals surface area contributed by atoms with Gasteiger partial charge in [-0.2, -0.15) is 0 Å². The minimum atomic E-state index is -0.682. The van der Waals surface area contributed by atoms with E-state index < -0.39 is 12.2 Å². The standard InChI is InChI=1S/C21H26O4/c1-4-16(13-19(23)20-9-6-10-25-20)7-5-8-18(22)17-11-14(2)21(24)15(3)12-17/h5-6,9-12,18-19,22-24H,4,8,13H2,1-3H3/t7?,18-,19-/m1/s1. The minimum absolute atomic E-state index is 0.270. The summed E-state index contributed by atoms with van der Waals surface area (Å²) in [6.07, 6.45) is 3.65. The summed E-state index contributed by atoms with van der Waals surface area (Å²) in [5.74, 6) is 0.814. The average Bonchev–Trinajstić information content (AvgIpc) is 3.12. The summed E-state index contributed by atoms with van der Waals surface area (Å²) in [4.78, 5) is 0.